The van der Waals surface area contributed by atoms with E-state index in [9.17, 15) is 4.79 Å². The molecule has 4 saturated carbocycles. The molecule has 0 aromatic heterocycles. The first-order valence-corrected chi connectivity index (χ1v) is 13.2. The lowest BCUT2D eigenvalue weighted by atomic mass is 9.48. The van der Waals surface area contributed by atoms with E-state index >= 15 is 0 Å². The summed E-state index contributed by atoms with van der Waals surface area (Å²) < 4.78 is 6.28. The minimum Gasteiger partial charge on any atom is -0.496 e. The fourth-order valence-corrected chi connectivity index (χ4v) is 8.46. The molecule has 170 valence electrons. The Bertz CT molecular complexity index is 1130. The van der Waals surface area contributed by atoms with E-state index in [4.69, 9.17) is 17.0 Å². The molecular formula is C28H29NO2S2. The van der Waals surface area contributed by atoms with Crippen molar-refractivity contribution in [3.63, 3.8) is 0 Å². The van der Waals surface area contributed by atoms with Crippen LogP contribution in [-0.2, 0) is 10.2 Å². The average Bonchev–Trinajstić information content (AvgIpc) is 3.06. The molecule has 2 aromatic carbocycles. The lowest BCUT2D eigenvalue weighted by molar-refractivity contribution is -0.113. The number of rotatable bonds is 4. The molecule has 2 aromatic rings. The fourth-order valence-electron chi connectivity index (χ4n) is 7.17. The van der Waals surface area contributed by atoms with Crippen LogP contribution in [0, 0.1) is 24.7 Å². The third kappa shape index (κ3) is 3.64. The number of amides is 1. The van der Waals surface area contributed by atoms with Gasteiger partial charge in [-0.15, -0.1) is 0 Å². The number of carbonyl (C=O) groups is 1. The van der Waals surface area contributed by atoms with Gasteiger partial charge in [-0.25, -0.2) is 0 Å². The van der Waals surface area contributed by atoms with Gasteiger partial charge in [0.2, 0.25) is 0 Å². The number of anilines is 1. The number of ether oxygens (including phenoxy) is 1. The molecule has 0 unspecified atom stereocenters. The molecule has 0 N–H and O–H groups in total. The van der Waals surface area contributed by atoms with Gasteiger partial charge >= 0.3 is 0 Å². The maximum atomic E-state index is 13.3. The zero-order valence-corrected chi connectivity index (χ0v) is 20.8. The van der Waals surface area contributed by atoms with Crippen LogP contribution in [0.2, 0.25) is 0 Å². The summed E-state index contributed by atoms with van der Waals surface area (Å²) in [6, 6.07) is 14.6. The van der Waals surface area contributed by atoms with Crippen molar-refractivity contribution in [2.75, 3.05) is 12.0 Å². The molecule has 0 spiro atoms. The lowest BCUT2D eigenvalue weighted by Crippen LogP contribution is -2.48. The standard InChI is InChI=1S/C28H29NO2S2/c1-17-3-6-23(7-4-17)29-26(30)25(33-27(29)32)13-21-12-22(5-8-24(21)31-2)28-14-18-9-19(15-28)11-20(10-18)16-28/h3-8,12-13,18-20H,9-11,14-16H2,1-2H3/b25-13-. The normalized spacial score (nSPS) is 31.6. The molecule has 1 saturated heterocycles. The van der Waals surface area contributed by atoms with Crippen molar-refractivity contribution in [1.82, 2.24) is 0 Å². The number of hydrogen-bond donors (Lipinski definition) is 0. The Morgan fingerprint density at radius 3 is 2.27 bits per heavy atom. The van der Waals surface area contributed by atoms with Crippen LogP contribution in [-0.4, -0.2) is 17.3 Å². The SMILES string of the molecule is COc1ccc(C23CC4CC(CC(C4)C2)C3)cc1/C=C1\SC(=S)N(c2ccc(C)cc2)C1=O. The van der Waals surface area contributed by atoms with E-state index in [1.165, 1.54) is 55.9 Å². The van der Waals surface area contributed by atoms with Crippen molar-refractivity contribution >= 4 is 46.0 Å². The maximum absolute atomic E-state index is 13.3. The summed E-state index contributed by atoms with van der Waals surface area (Å²) in [6.45, 7) is 2.04. The second kappa shape index (κ2) is 7.99. The van der Waals surface area contributed by atoms with Gasteiger partial charge in [0.05, 0.1) is 17.7 Å². The van der Waals surface area contributed by atoms with E-state index in [1.54, 1.807) is 12.0 Å². The molecule has 0 radical (unpaired) electrons. The zero-order valence-electron chi connectivity index (χ0n) is 19.2. The highest BCUT2D eigenvalue weighted by Crippen LogP contribution is 2.61. The molecular weight excluding hydrogens is 446 g/mol. The van der Waals surface area contributed by atoms with E-state index in [2.05, 4.69) is 18.2 Å². The number of nitrogens with zero attached hydrogens (tertiary/aromatic N) is 1. The smallest absolute Gasteiger partial charge is 0.270 e. The van der Waals surface area contributed by atoms with Crippen LogP contribution in [0.5, 0.6) is 5.75 Å². The highest BCUT2D eigenvalue weighted by Gasteiger charge is 2.51. The molecule has 5 aliphatic rings. The fraction of sp³-hybridized carbons (Fsp3) is 0.429. The highest BCUT2D eigenvalue weighted by atomic mass is 32.2. The quantitative estimate of drug-likeness (QED) is 0.356. The van der Waals surface area contributed by atoms with E-state index in [-0.39, 0.29) is 5.91 Å². The van der Waals surface area contributed by atoms with Gasteiger partial charge in [0.25, 0.3) is 5.91 Å². The molecule has 1 aliphatic heterocycles. The van der Waals surface area contributed by atoms with Gasteiger partial charge in [-0.05, 0) is 105 Å². The number of benzene rings is 2. The Labute approximate surface area is 205 Å². The zero-order chi connectivity index (χ0) is 22.7. The first-order chi connectivity index (χ1) is 15.9. The predicted octanol–water partition coefficient (Wildman–Crippen LogP) is 6.88. The summed E-state index contributed by atoms with van der Waals surface area (Å²) in [5.41, 5.74) is 4.70. The van der Waals surface area contributed by atoms with Gasteiger partial charge in [0.15, 0.2) is 4.32 Å². The van der Waals surface area contributed by atoms with Crippen LogP contribution in [0.3, 0.4) is 0 Å². The molecule has 4 aliphatic carbocycles. The number of hydrogen-bond acceptors (Lipinski definition) is 4. The summed E-state index contributed by atoms with van der Waals surface area (Å²) >= 11 is 6.96. The Hall–Kier alpha value is -2.11. The molecule has 0 atom stereocenters. The molecule has 1 amide bonds. The van der Waals surface area contributed by atoms with Gasteiger partial charge in [0, 0.05) is 5.56 Å². The minimum absolute atomic E-state index is 0.0592. The van der Waals surface area contributed by atoms with Crippen molar-refractivity contribution in [2.45, 2.75) is 50.9 Å². The van der Waals surface area contributed by atoms with Gasteiger partial charge in [-0.3, -0.25) is 9.69 Å². The molecule has 4 bridgehead atoms. The summed E-state index contributed by atoms with van der Waals surface area (Å²) in [7, 11) is 1.70. The summed E-state index contributed by atoms with van der Waals surface area (Å²) in [6.07, 6.45) is 10.2. The van der Waals surface area contributed by atoms with Crippen LogP contribution in [0.1, 0.15) is 55.2 Å². The average molecular weight is 476 g/mol. The molecule has 33 heavy (non-hydrogen) atoms. The van der Waals surface area contributed by atoms with Gasteiger partial charge < -0.3 is 4.74 Å². The van der Waals surface area contributed by atoms with Crippen molar-refractivity contribution in [2.24, 2.45) is 17.8 Å². The number of methoxy groups -OCH3 is 1. The second-order valence-corrected chi connectivity index (χ2v) is 12.2. The summed E-state index contributed by atoms with van der Waals surface area (Å²) in [5.74, 6) is 3.44. The molecule has 1 heterocycles. The Balaban J connectivity index is 1.35. The van der Waals surface area contributed by atoms with Crippen LogP contribution in [0.25, 0.3) is 6.08 Å². The predicted molar refractivity (Wildman–Crippen MR) is 140 cm³/mol. The van der Waals surface area contributed by atoms with Crippen LogP contribution >= 0.6 is 24.0 Å². The maximum Gasteiger partial charge on any atom is 0.270 e. The Kier molecular flexibility index (Phi) is 5.19. The van der Waals surface area contributed by atoms with Crippen LogP contribution in [0.4, 0.5) is 5.69 Å². The summed E-state index contributed by atoms with van der Waals surface area (Å²) in [5, 5.41) is 0. The third-order valence-electron chi connectivity index (χ3n) is 8.25. The molecule has 3 nitrogen and oxygen atoms in total. The number of aryl methyl sites for hydroxylation is 1. The number of thioether (sulfide) groups is 1. The van der Waals surface area contributed by atoms with Crippen molar-refractivity contribution < 1.29 is 9.53 Å². The number of carbonyl (C=O) groups excluding carboxylic acids is 1. The lowest BCUT2D eigenvalue weighted by Gasteiger charge is -2.57. The highest BCUT2D eigenvalue weighted by molar-refractivity contribution is 8.27. The van der Waals surface area contributed by atoms with Crippen molar-refractivity contribution in [1.29, 1.82) is 0 Å². The van der Waals surface area contributed by atoms with E-state index in [0.29, 0.717) is 14.6 Å². The van der Waals surface area contributed by atoms with Crippen LogP contribution in [0.15, 0.2) is 47.4 Å². The van der Waals surface area contributed by atoms with Gasteiger partial charge in [-0.1, -0.05) is 47.7 Å². The van der Waals surface area contributed by atoms with E-state index in [1.807, 2.05) is 37.3 Å². The first-order valence-electron chi connectivity index (χ1n) is 12.0. The Morgan fingerprint density at radius 1 is 1.03 bits per heavy atom. The largest absolute Gasteiger partial charge is 0.496 e. The molecule has 5 fully saturated rings. The third-order valence-corrected chi connectivity index (χ3v) is 9.55. The monoisotopic (exact) mass is 475 g/mol. The van der Waals surface area contributed by atoms with Gasteiger partial charge in [0.1, 0.15) is 5.75 Å². The van der Waals surface area contributed by atoms with Crippen molar-refractivity contribution in [3.05, 3.63) is 64.1 Å². The Morgan fingerprint density at radius 2 is 1.67 bits per heavy atom. The first kappa shape index (κ1) is 21.4. The van der Waals surface area contributed by atoms with Gasteiger partial charge in [-0.2, -0.15) is 0 Å². The topological polar surface area (TPSA) is 29.5 Å². The number of thiocarbonyl (C=S) groups is 1. The second-order valence-electron chi connectivity index (χ2n) is 10.5. The minimum atomic E-state index is -0.0592. The molecule has 5 heteroatoms. The van der Waals surface area contributed by atoms with Crippen LogP contribution < -0.4 is 9.64 Å². The van der Waals surface area contributed by atoms with E-state index < -0.39 is 0 Å². The summed E-state index contributed by atoms with van der Waals surface area (Å²) in [4.78, 5) is 15.6. The molecule has 7 rings (SSSR count). The van der Waals surface area contributed by atoms with E-state index in [0.717, 1.165) is 40.3 Å². The van der Waals surface area contributed by atoms with Crippen molar-refractivity contribution in [3.8, 4) is 5.75 Å².